The molecule has 3 rings (SSSR count). The number of nitrogens with one attached hydrogen (secondary N) is 1. The van der Waals surface area contributed by atoms with Crippen LogP contribution in [0.25, 0.3) is 0 Å². The number of nitrogens with zero attached hydrogens (tertiary/aromatic N) is 2. The van der Waals surface area contributed by atoms with Gasteiger partial charge in [-0.1, -0.05) is 0 Å². The molecule has 3 aliphatic rings. The molecule has 1 N–H and O–H groups in total. The lowest BCUT2D eigenvalue weighted by Gasteiger charge is -2.35. The van der Waals surface area contributed by atoms with E-state index in [0.717, 1.165) is 90.7 Å². The SMILES string of the molecule is CN=C(NCCCOCC1CCCO1)N1CCC(OCC2CCCCO2)CC1.I. The topological polar surface area (TPSA) is 64.6 Å². The van der Waals surface area contributed by atoms with Crippen molar-refractivity contribution in [2.24, 2.45) is 4.99 Å². The van der Waals surface area contributed by atoms with Gasteiger partial charge < -0.3 is 29.2 Å². The maximum absolute atomic E-state index is 6.11. The second-order valence-electron chi connectivity index (χ2n) is 8.05. The quantitative estimate of drug-likeness (QED) is 0.216. The first-order chi connectivity index (χ1) is 13.8. The minimum absolute atomic E-state index is 0. The van der Waals surface area contributed by atoms with Crippen LogP contribution in [-0.4, -0.2) is 88.9 Å². The Morgan fingerprint density at radius 1 is 1.00 bits per heavy atom. The monoisotopic (exact) mass is 525 g/mol. The van der Waals surface area contributed by atoms with Gasteiger partial charge in [-0.3, -0.25) is 4.99 Å². The second-order valence-corrected chi connectivity index (χ2v) is 8.05. The van der Waals surface area contributed by atoms with Crippen LogP contribution in [0.15, 0.2) is 4.99 Å². The molecule has 3 aliphatic heterocycles. The normalized spacial score (nSPS) is 26.4. The maximum atomic E-state index is 6.11. The van der Waals surface area contributed by atoms with Gasteiger partial charge in [-0.2, -0.15) is 0 Å². The van der Waals surface area contributed by atoms with E-state index in [0.29, 0.717) is 18.3 Å². The summed E-state index contributed by atoms with van der Waals surface area (Å²) in [7, 11) is 1.86. The van der Waals surface area contributed by atoms with Gasteiger partial charge in [-0.05, 0) is 51.4 Å². The molecule has 3 fully saturated rings. The molecule has 0 saturated carbocycles. The summed E-state index contributed by atoms with van der Waals surface area (Å²) in [5, 5.41) is 3.47. The van der Waals surface area contributed by atoms with Crippen molar-refractivity contribution < 1.29 is 18.9 Å². The third-order valence-corrected chi connectivity index (χ3v) is 5.82. The summed E-state index contributed by atoms with van der Waals surface area (Å²) < 4.78 is 23.2. The Morgan fingerprint density at radius 3 is 2.41 bits per heavy atom. The number of guanidine groups is 1. The zero-order valence-corrected chi connectivity index (χ0v) is 20.3. The minimum atomic E-state index is 0. The summed E-state index contributed by atoms with van der Waals surface area (Å²) in [5.41, 5.74) is 0. The molecular weight excluding hydrogens is 485 g/mol. The van der Waals surface area contributed by atoms with Gasteiger partial charge in [0, 0.05) is 46.5 Å². The van der Waals surface area contributed by atoms with Gasteiger partial charge in [0.05, 0.1) is 31.5 Å². The molecule has 0 spiro atoms. The van der Waals surface area contributed by atoms with Crippen LogP contribution in [-0.2, 0) is 18.9 Å². The van der Waals surface area contributed by atoms with E-state index in [1.54, 1.807) is 0 Å². The van der Waals surface area contributed by atoms with E-state index in [9.17, 15) is 0 Å². The van der Waals surface area contributed by atoms with Crippen LogP contribution in [0.4, 0.5) is 0 Å². The van der Waals surface area contributed by atoms with Crippen LogP contribution >= 0.6 is 24.0 Å². The Bertz CT molecular complexity index is 449. The van der Waals surface area contributed by atoms with Crippen LogP contribution in [0.3, 0.4) is 0 Å². The van der Waals surface area contributed by atoms with Gasteiger partial charge in [0.1, 0.15) is 0 Å². The number of aliphatic imine (C=N–C) groups is 1. The van der Waals surface area contributed by atoms with E-state index in [2.05, 4.69) is 15.2 Å². The Morgan fingerprint density at radius 2 is 1.72 bits per heavy atom. The highest BCUT2D eigenvalue weighted by Gasteiger charge is 2.23. The van der Waals surface area contributed by atoms with Gasteiger partial charge in [-0.15, -0.1) is 24.0 Å². The van der Waals surface area contributed by atoms with Gasteiger partial charge in [0.25, 0.3) is 0 Å². The molecule has 0 amide bonds. The average Bonchev–Trinajstić information content (AvgIpc) is 3.27. The van der Waals surface area contributed by atoms with E-state index in [4.69, 9.17) is 18.9 Å². The van der Waals surface area contributed by atoms with E-state index in [1.807, 2.05) is 7.05 Å². The van der Waals surface area contributed by atoms with Crippen molar-refractivity contribution in [3.63, 3.8) is 0 Å². The minimum Gasteiger partial charge on any atom is -0.379 e. The molecule has 0 radical (unpaired) electrons. The standard InChI is InChI=1S/C21H39N3O4.HI/c1-22-21(23-10-5-13-25-16-19-7-4-15-27-19)24-11-8-18(9-12-24)28-17-20-6-2-3-14-26-20;/h18-20H,2-17H2,1H3,(H,22,23);1H. The zero-order chi connectivity index (χ0) is 19.4. The molecule has 170 valence electrons. The van der Waals surface area contributed by atoms with Crippen molar-refractivity contribution in [1.82, 2.24) is 10.2 Å². The van der Waals surface area contributed by atoms with Gasteiger partial charge in [-0.25, -0.2) is 0 Å². The van der Waals surface area contributed by atoms with Crippen molar-refractivity contribution in [1.29, 1.82) is 0 Å². The number of ether oxygens (including phenoxy) is 4. The first-order valence-electron chi connectivity index (χ1n) is 11.2. The number of likely N-dealkylation sites (tertiary alicyclic amines) is 1. The van der Waals surface area contributed by atoms with Crippen molar-refractivity contribution >= 4 is 29.9 Å². The third-order valence-electron chi connectivity index (χ3n) is 5.82. The Kier molecular flexibility index (Phi) is 12.8. The van der Waals surface area contributed by atoms with Crippen LogP contribution < -0.4 is 5.32 Å². The molecule has 0 aromatic heterocycles. The van der Waals surface area contributed by atoms with Crippen LogP contribution in [0.2, 0.25) is 0 Å². The number of hydrogen-bond acceptors (Lipinski definition) is 5. The molecule has 7 nitrogen and oxygen atoms in total. The lowest BCUT2D eigenvalue weighted by atomic mass is 10.1. The van der Waals surface area contributed by atoms with Gasteiger partial charge >= 0.3 is 0 Å². The first kappa shape index (κ1) is 25.1. The van der Waals surface area contributed by atoms with Gasteiger partial charge in [0.15, 0.2) is 5.96 Å². The van der Waals surface area contributed by atoms with Crippen molar-refractivity contribution in [2.75, 3.05) is 59.7 Å². The molecule has 0 aromatic carbocycles. The van der Waals surface area contributed by atoms with Crippen molar-refractivity contribution in [3.05, 3.63) is 0 Å². The van der Waals surface area contributed by atoms with Gasteiger partial charge in [0.2, 0.25) is 0 Å². The van der Waals surface area contributed by atoms with E-state index < -0.39 is 0 Å². The predicted molar refractivity (Wildman–Crippen MR) is 125 cm³/mol. The lowest BCUT2D eigenvalue weighted by molar-refractivity contribution is -0.0721. The van der Waals surface area contributed by atoms with Crippen molar-refractivity contribution in [3.8, 4) is 0 Å². The Labute approximate surface area is 193 Å². The second kappa shape index (κ2) is 14.8. The summed E-state index contributed by atoms with van der Waals surface area (Å²) in [6, 6.07) is 0. The molecule has 3 saturated heterocycles. The molecule has 29 heavy (non-hydrogen) atoms. The van der Waals surface area contributed by atoms with Crippen molar-refractivity contribution in [2.45, 2.75) is 69.7 Å². The molecule has 3 heterocycles. The largest absolute Gasteiger partial charge is 0.379 e. The average molecular weight is 525 g/mol. The number of piperidine rings is 1. The highest BCUT2D eigenvalue weighted by Crippen LogP contribution is 2.18. The molecule has 8 heteroatoms. The molecular formula is C21H40IN3O4. The fraction of sp³-hybridized carbons (Fsp3) is 0.952. The van der Waals surface area contributed by atoms with Crippen LogP contribution in [0.5, 0.6) is 0 Å². The molecule has 2 unspecified atom stereocenters. The summed E-state index contributed by atoms with van der Waals surface area (Å²) >= 11 is 0. The maximum Gasteiger partial charge on any atom is 0.193 e. The smallest absolute Gasteiger partial charge is 0.193 e. The molecule has 2 atom stereocenters. The summed E-state index contributed by atoms with van der Waals surface area (Å²) in [5.74, 6) is 0.994. The number of halogens is 1. The molecule has 0 aliphatic carbocycles. The fourth-order valence-corrected chi connectivity index (χ4v) is 4.11. The van der Waals surface area contributed by atoms with E-state index in [1.165, 1.54) is 19.3 Å². The number of hydrogen-bond donors (Lipinski definition) is 1. The lowest BCUT2D eigenvalue weighted by Crippen LogP contribution is -2.47. The highest BCUT2D eigenvalue weighted by atomic mass is 127. The number of rotatable bonds is 9. The summed E-state index contributed by atoms with van der Waals surface area (Å²) in [6.07, 6.45) is 9.98. The Hall–Kier alpha value is -0.160. The zero-order valence-electron chi connectivity index (χ0n) is 18.0. The van der Waals surface area contributed by atoms with E-state index in [-0.39, 0.29) is 24.0 Å². The predicted octanol–water partition coefficient (Wildman–Crippen LogP) is 2.82. The highest BCUT2D eigenvalue weighted by molar-refractivity contribution is 14.0. The Balaban J connectivity index is 0.00000300. The van der Waals surface area contributed by atoms with E-state index >= 15 is 0 Å². The fourth-order valence-electron chi connectivity index (χ4n) is 4.11. The molecule has 0 aromatic rings. The first-order valence-corrected chi connectivity index (χ1v) is 11.2. The third kappa shape index (κ3) is 9.25. The summed E-state index contributed by atoms with van der Waals surface area (Å²) in [6.45, 7) is 6.90. The van der Waals surface area contributed by atoms with Crippen LogP contribution in [0, 0.1) is 0 Å². The molecule has 0 bridgehead atoms. The van der Waals surface area contributed by atoms with Crippen LogP contribution in [0.1, 0.15) is 51.4 Å². The summed E-state index contributed by atoms with van der Waals surface area (Å²) in [4.78, 5) is 6.78.